The summed E-state index contributed by atoms with van der Waals surface area (Å²) in [5.74, 6) is 1.81. The molecule has 2 amide bonds. The van der Waals surface area contributed by atoms with Crippen LogP contribution in [0.15, 0.2) is 0 Å². The summed E-state index contributed by atoms with van der Waals surface area (Å²) in [7, 11) is 0. The first kappa shape index (κ1) is 13.5. The van der Waals surface area contributed by atoms with E-state index in [2.05, 4.69) is 5.32 Å². The highest BCUT2D eigenvalue weighted by atomic mass is 35.5. The average molecular weight is 200 g/mol. The maximum absolute atomic E-state index is 10.1. The summed E-state index contributed by atoms with van der Waals surface area (Å²) < 4.78 is 0. The second-order valence-corrected chi connectivity index (χ2v) is 2.92. The number of amides is 2. The maximum Gasteiger partial charge on any atom is 0.312 e. The molecule has 6 heteroatoms. The molecule has 0 aromatic carbocycles. The molecule has 0 bridgehead atoms. The van der Waals surface area contributed by atoms with Crippen LogP contribution in [-0.4, -0.2) is 30.6 Å². The topological polar surface area (TPSA) is 81.1 Å². The van der Waals surface area contributed by atoms with Crippen molar-refractivity contribution in [2.24, 2.45) is 11.5 Å². The number of carbonyl (C=O) groups is 1. The Labute approximate surface area is 76.9 Å². The van der Waals surface area contributed by atoms with Gasteiger partial charge in [-0.1, -0.05) is 0 Å². The van der Waals surface area contributed by atoms with Crippen molar-refractivity contribution < 1.29 is 4.79 Å². The highest BCUT2D eigenvalue weighted by molar-refractivity contribution is 7.99. The van der Waals surface area contributed by atoms with Gasteiger partial charge in [0.25, 0.3) is 0 Å². The Kier molecular flexibility index (Phi) is 12.1. The molecular weight excluding hydrogens is 186 g/mol. The lowest BCUT2D eigenvalue weighted by atomic mass is 10.7. The molecule has 0 saturated carbocycles. The molecule has 0 spiro atoms. The van der Waals surface area contributed by atoms with Gasteiger partial charge in [-0.15, -0.1) is 12.4 Å². The van der Waals surface area contributed by atoms with Gasteiger partial charge in [0.2, 0.25) is 0 Å². The molecule has 11 heavy (non-hydrogen) atoms. The highest BCUT2D eigenvalue weighted by Gasteiger charge is 1.89. The number of primary amides is 1. The normalized spacial score (nSPS) is 8.45. The SMILES string of the molecule is Cl.NCCSCCNC(N)=O. The van der Waals surface area contributed by atoms with Crippen molar-refractivity contribution in [3.8, 4) is 0 Å². The Hall–Kier alpha value is -0.130. The van der Waals surface area contributed by atoms with E-state index in [-0.39, 0.29) is 12.4 Å². The summed E-state index contributed by atoms with van der Waals surface area (Å²) in [4.78, 5) is 10.1. The van der Waals surface area contributed by atoms with E-state index in [4.69, 9.17) is 11.5 Å². The fraction of sp³-hybridized carbons (Fsp3) is 0.800. The number of nitrogens with one attached hydrogen (secondary N) is 1. The number of hydrogen-bond acceptors (Lipinski definition) is 3. The average Bonchev–Trinajstić information content (AvgIpc) is 1.87. The van der Waals surface area contributed by atoms with E-state index in [1.807, 2.05) is 0 Å². The van der Waals surface area contributed by atoms with Crippen LogP contribution in [0.5, 0.6) is 0 Å². The highest BCUT2D eigenvalue weighted by Crippen LogP contribution is 1.94. The number of thioether (sulfide) groups is 1. The van der Waals surface area contributed by atoms with Crippen LogP contribution in [0, 0.1) is 0 Å². The van der Waals surface area contributed by atoms with Crippen LogP contribution >= 0.6 is 24.2 Å². The van der Waals surface area contributed by atoms with Gasteiger partial charge >= 0.3 is 6.03 Å². The standard InChI is InChI=1S/C5H13N3OS.ClH/c6-1-3-10-4-2-8-5(7)9;/h1-4,6H2,(H3,7,8,9);1H. The van der Waals surface area contributed by atoms with Gasteiger partial charge in [-0.25, -0.2) is 4.79 Å². The molecule has 0 aromatic heterocycles. The Balaban J connectivity index is 0. The number of rotatable bonds is 5. The molecule has 0 aliphatic heterocycles. The summed E-state index contributed by atoms with van der Waals surface area (Å²) in [6.07, 6.45) is 0. The van der Waals surface area contributed by atoms with Gasteiger partial charge in [0.15, 0.2) is 0 Å². The van der Waals surface area contributed by atoms with Gasteiger partial charge in [-0.2, -0.15) is 11.8 Å². The Morgan fingerprint density at radius 3 is 2.55 bits per heavy atom. The summed E-state index contributed by atoms with van der Waals surface area (Å²) in [6, 6.07) is -0.464. The van der Waals surface area contributed by atoms with Crippen molar-refractivity contribution in [3.63, 3.8) is 0 Å². The zero-order valence-electron chi connectivity index (χ0n) is 6.21. The maximum atomic E-state index is 10.1. The Bertz CT molecular complexity index is 104. The molecule has 0 rings (SSSR count). The van der Waals surface area contributed by atoms with Gasteiger partial charge in [0.1, 0.15) is 0 Å². The van der Waals surface area contributed by atoms with Crippen molar-refractivity contribution in [1.82, 2.24) is 5.32 Å². The van der Waals surface area contributed by atoms with E-state index >= 15 is 0 Å². The lowest BCUT2D eigenvalue weighted by Crippen LogP contribution is -2.31. The van der Waals surface area contributed by atoms with E-state index in [9.17, 15) is 4.79 Å². The minimum atomic E-state index is -0.464. The molecule has 0 heterocycles. The summed E-state index contributed by atoms with van der Waals surface area (Å²) in [6.45, 7) is 1.31. The molecule has 0 radical (unpaired) electrons. The van der Waals surface area contributed by atoms with Gasteiger partial charge in [-0.3, -0.25) is 0 Å². The van der Waals surface area contributed by atoms with Crippen LogP contribution in [-0.2, 0) is 0 Å². The number of hydrogen-bond donors (Lipinski definition) is 3. The van der Waals surface area contributed by atoms with Gasteiger partial charge in [0, 0.05) is 24.6 Å². The lowest BCUT2D eigenvalue weighted by Gasteiger charge is -1.99. The van der Waals surface area contributed by atoms with Gasteiger partial charge in [-0.05, 0) is 0 Å². The van der Waals surface area contributed by atoms with Crippen LogP contribution in [0.2, 0.25) is 0 Å². The predicted octanol–water partition coefficient (Wildman–Crippen LogP) is -0.232. The fourth-order valence-corrected chi connectivity index (χ4v) is 1.05. The molecule has 0 aliphatic carbocycles. The molecule has 0 aliphatic rings. The van der Waals surface area contributed by atoms with Crippen molar-refractivity contribution in [2.45, 2.75) is 0 Å². The van der Waals surface area contributed by atoms with E-state index < -0.39 is 6.03 Å². The first-order valence-corrected chi connectivity index (χ1v) is 4.24. The molecule has 0 aromatic rings. The molecule has 4 nitrogen and oxygen atoms in total. The molecule has 0 fully saturated rings. The number of halogens is 1. The van der Waals surface area contributed by atoms with Crippen LogP contribution in [0.4, 0.5) is 4.79 Å². The van der Waals surface area contributed by atoms with E-state index in [1.165, 1.54) is 0 Å². The molecule has 0 saturated heterocycles. The van der Waals surface area contributed by atoms with Crippen molar-refractivity contribution in [3.05, 3.63) is 0 Å². The van der Waals surface area contributed by atoms with Gasteiger partial charge in [0.05, 0.1) is 0 Å². The second kappa shape index (κ2) is 9.87. The largest absolute Gasteiger partial charge is 0.352 e. The summed E-state index contributed by atoms with van der Waals surface area (Å²) >= 11 is 1.70. The van der Waals surface area contributed by atoms with E-state index in [0.717, 1.165) is 11.5 Å². The van der Waals surface area contributed by atoms with E-state index in [1.54, 1.807) is 11.8 Å². The number of urea groups is 1. The smallest absolute Gasteiger partial charge is 0.312 e. The number of nitrogens with two attached hydrogens (primary N) is 2. The lowest BCUT2D eigenvalue weighted by molar-refractivity contribution is 0.249. The fourth-order valence-electron chi connectivity index (χ4n) is 0.432. The van der Waals surface area contributed by atoms with Gasteiger partial charge < -0.3 is 16.8 Å². The van der Waals surface area contributed by atoms with Crippen LogP contribution in [0.3, 0.4) is 0 Å². The summed E-state index contributed by atoms with van der Waals surface area (Å²) in [5.41, 5.74) is 10.1. The Morgan fingerprint density at radius 2 is 2.09 bits per heavy atom. The zero-order chi connectivity index (χ0) is 7.82. The Morgan fingerprint density at radius 1 is 1.45 bits per heavy atom. The third kappa shape index (κ3) is 13.0. The third-order valence-corrected chi connectivity index (χ3v) is 1.82. The van der Waals surface area contributed by atoms with Crippen molar-refractivity contribution >= 4 is 30.2 Å². The minimum absolute atomic E-state index is 0. The van der Waals surface area contributed by atoms with Crippen molar-refractivity contribution in [2.75, 3.05) is 24.6 Å². The molecular formula is C5H14ClN3OS. The van der Waals surface area contributed by atoms with Crippen LogP contribution in [0.1, 0.15) is 0 Å². The second-order valence-electron chi connectivity index (χ2n) is 1.69. The van der Waals surface area contributed by atoms with E-state index in [0.29, 0.717) is 13.1 Å². The first-order valence-electron chi connectivity index (χ1n) is 3.08. The summed E-state index contributed by atoms with van der Waals surface area (Å²) in [5, 5.41) is 2.48. The monoisotopic (exact) mass is 199 g/mol. The number of carbonyl (C=O) groups excluding carboxylic acids is 1. The molecule has 0 unspecified atom stereocenters. The third-order valence-electron chi connectivity index (χ3n) is 0.808. The molecule has 0 atom stereocenters. The quantitative estimate of drug-likeness (QED) is 0.535. The van der Waals surface area contributed by atoms with Crippen LogP contribution < -0.4 is 16.8 Å². The van der Waals surface area contributed by atoms with Crippen molar-refractivity contribution in [1.29, 1.82) is 0 Å². The predicted molar refractivity (Wildman–Crippen MR) is 51.2 cm³/mol. The molecule has 68 valence electrons. The van der Waals surface area contributed by atoms with Crippen LogP contribution in [0.25, 0.3) is 0 Å². The molecule has 5 N–H and O–H groups in total. The first-order chi connectivity index (χ1) is 4.77. The minimum Gasteiger partial charge on any atom is -0.352 e. The zero-order valence-corrected chi connectivity index (χ0v) is 7.84.